The number of piperazine rings is 1. The van der Waals surface area contributed by atoms with Gasteiger partial charge in [-0.2, -0.15) is 0 Å². The van der Waals surface area contributed by atoms with Gasteiger partial charge in [0.05, 0.1) is 18.8 Å². The van der Waals surface area contributed by atoms with Crippen molar-refractivity contribution in [1.29, 1.82) is 0 Å². The Bertz CT molecular complexity index is 480. The second-order valence-electron chi connectivity index (χ2n) is 4.47. The van der Waals surface area contributed by atoms with Crippen molar-refractivity contribution in [3.8, 4) is 0 Å². The third-order valence-electron chi connectivity index (χ3n) is 3.19. The van der Waals surface area contributed by atoms with Crippen LogP contribution >= 0.6 is 0 Å². The Morgan fingerprint density at radius 3 is 2.94 bits per heavy atom. The molecule has 2 saturated heterocycles. The molecule has 1 aromatic rings. The summed E-state index contributed by atoms with van der Waals surface area (Å²) in [5, 5.41) is 13.6. The molecule has 0 radical (unpaired) electrons. The van der Waals surface area contributed by atoms with Crippen LogP contribution in [0.2, 0.25) is 0 Å². The van der Waals surface area contributed by atoms with E-state index < -0.39 is 0 Å². The molecule has 18 heavy (non-hydrogen) atoms. The molecular weight excluding hydrogens is 236 g/mol. The monoisotopic (exact) mass is 250 g/mol. The Labute approximate surface area is 103 Å². The first-order valence-corrected chi connectivity index (χ1v) is 5.92. The lowest BCUT2D eigenvalue weighted by Gasteiger charge is -2.27. The summed E-state index contributed by atoms with van der Waals surface area (Å²) in [6.07, 6.45) is 1.65. The minimum atomic E-state index is -0.233. The first-order valence-electron chi connectivity index (χ1n) is 5.92. The molecule has 2 amide bonds. The van der Waals surface area contributed by atoms with Gasteiger partial charge in [-0.1, -0.05) is 5.21 Å². The third-order valence-corrected chi connectivity index (χ3v) is 3.19. The maximum Gasteiger partial charge on any atom is 0.276 e. The van der Waals surface area contributed by atoms with Gasteiger partial charge in [0.1, 0.15) is 0 Å². The van der Waals surface area contributed by atoms with Crippen LogP contribution in [0.4, 0.5) is 0 Å². The lowest BCUT2D eigenvalue weighted by molar-refractivity contribution is -0.123. The molecule has 0 saturated carbocycles. The number of nitrogens with zero attached hydrogens (tertiary/aromatic N) is 4. The molecule has 96 valence electrons. The number of rotatable bonds is 2. The molecule has 8 nitrogen and oxygen atoms in total. The Morgan fingerprint density at radius 1 is 1.44 bits per heavy atom. The molecule has 2 fully saturated rings. The molecule has 0 atom stereocenters. The van der Waals surface area contributed by atoms with Crippen LogP contribution in [0.15, 0.2) is 6.20 Å². The van der Waals surface area contributed by atoms with Gasteiger partial charge in [0, 0.05) is 26.2 Å². The molecule has 2 aliphatic rings. The summed E-state index contributed by atoms with van der Waals surface area (Å²) in [6.45, 7) is 2.80. The molecular formula is C10H14N6O2. The predicted molar refractivity (Wildman–Crippen MR) is 60.8 cm³/mol. The Hall–Kier alpha value is -1.96. The molecule has 0 bridgehead atoms. The van der Waals surface area contributed by atoms with E-state index in [1.54, 1.807) is 10.9 Å². The van der Waals surface area contributed by atoms with Crippen LogP contribution in [-0.4, -0.2) is 64.4 Å². The summed E-state index contributed by atoms with van der Waals surface area (Å²) in [4.78, 5) is 24.8. The van der Waals surface area contributed by atoms with Crippen molar-refractivity contribution >= 4 is 11.8 Å². The van der Waals surface area contributed by atoms with Gasteiger partial charge in [0.15, 0.2) is 5.69 Å². The fourth-order valence-corrected chi connectivity index (χ4v) is 1.99. The van der Waals surface area contributed by atoms with Crippen LogP contribution in [0.25, 0.3) is 0 Å². The Kier molecular flexibility index (Phi) is 2.71. The second-order valence-corrected chi connectivity index (χ2v) is 4.47. The summed E-state index contributed by atoms with van der Waals surface area (Å²) in [6, 6.07) is 0.281. The normalized spacial score (nSPS) is 20.4. The van der Waals surface area contributed by atoms with E-state index in [2.05, 4.69) is 20.9 Å². The van der Waals surface area contributed by atoms with E-state index >= 15 is 0 Å². The van der Waals surface area contributed by atoms with Gasteiger partial charge in [-0.15, -0.1) is 5.10 Å². The third kappa shape index (κ3) is 1.94. The summed E-state index contributed by atoms with van der Waals surface area (Å²) in [5.41, 5.74) is 0.302. The Morgan fingerprint density at radius 2 is 2.28 bits per heavy atom. The van der Waals surface area contributed by atoms with Gasteiger partial charge in [0.25, 0.3) is 5.91 Å². The van der Waals surface area contributed by atoms with Gasteiger partial charge in [-0.05, 0) is 0 Å². The van der Waals surface area contributed by atoms with Crippen LogP contribution in [0, 0.1) is 0 Å². The SMILES string of the molecule is O=C1CN(C(=O)c2cn(C3CNC3)nn2)CCN1. The van der Waals surface area contributed by atoms with E-state index in [0.29, 0.717) is 18.8 Å². The number of amides is 2. The maximum absolute atomic E-state index is 12.1. The highest BCUT2D eigenvalue weighted by Gasteiger charge is 2.26. The highest BCUT2D eigenvalue weighted by Crippen LogP contribution is 2.11. The molecule has 2 N–H and O–H groups in total. The van der Waals surface area contributed by atoms with E-state index in [4.69, 9.17) is 0 Å². The summed E-state index contributed by atoms with van der Waals surface area (Å²) < 4.78 is 1.70. The van der Waals surface area contributed by atoms with Crippen LogP contribution in [0.3, 0.4) is 0 Å². The minimum Gasteiger partial charge on any atom is -0.353 e. The first kappa shape index (κ1) is 11.1. The highest BCUT2D eigenvalue weighted by molar-refractivity contribution is 5.95. The zero-order chi connectivity index (χ0) is 12.5. The molecule has 1 aromatic heterocycles. The number of carbonyl (C=O) groups excluding carboxylic acids is 2. The highest BCUT2D eigenvalue weighted by atomic mass is 16.2. The number of hydrogen-bond donors (Lipinski definition) is 2. The maximum atomic E-state index is 12.1. The van der Waals surface area contributed by atoms with E-state index in [9.17, 15) is 9.59 Å². The van der Waals surface area contributed by atoms with Crippen molar-refractivity contribution in [2.24, 2.45) is 0 Å². The predicted octanol–water partition coefficient (Wildman–Crippen LogP) is -2.01. The van der Waals surface area contributed by atoms with E-state index in [1.165, 1.54) is 4.90 Å². The lowest BCUT2D eigenvalue weighted by Crippen LogP contribution is -2.50. The van der Waals surface area contributed by atoms with Crippen molar-refractivity contribution in [3.63, 3.8) is 0 Å². The van der Waals surface area contributed by atoms with Crippen LogP contribution in [-0.2, 0) is 4.79 Å². The molecule has 0 aromatic carbocycles. The molecule has 8 heteroatoms. The zero-order valence-corrected chi connectivity index (χ0v) is 9.80. The summed E-state index contributed by atoms with van der Waals surface area (Å²) in [5.74, 6) is -0.367. The molecule has 3 heterocycles. The van der Waals surface area contributed by atoms with Crippen LogP contribution < -0.4 is 10.6 Å². The van der Waals surface area contributed by atoms with Gasteiger partial charge in [0.2, 0.25) is 5.91 Å². The molecule has 0 unspecified atom stereocenters. The largest absolute Gasteiger partial charge is 0.353 e. The van der Waals surface area contributed by atoms with Crippen LogP contribution in [0.5, 0.6) is 0 Å². The van der Waals surface area contributed by atoms with Gasteiger partial charge in [-0.3, -0.25) is 9.59 Å². The van der Waals surface area contributed by atoms with Crippen molar-refractivity contribution in [3.05, 3.63) is 11.9 Å². The molecule has 2 aliphatic heterocycles. The number of hydrogen-bond acceptors (Lipinski definition) is 5. The number of nitrogens with one attached hydrogen (secondary N) is 2. The fourth-order valence-electron chi connectivity index (χ4n) is 1.99. The number of aromatic nitrogens is 3. The van der Waals surface area contributed by atoms with E-state index in [1.807, 2.05) is 0 Å². The van der Waals surface area contributed by atoms with Gasteiger partial charge in [-0.25, -0.2) is 4.68 Å². The zero-order valence-electron chi connectivity index (χ0n) is 9.80. The van der Waals surface area contributed by atoms with Crippen molar-refractivity contribution < 1.29 is 9.59 Å². The second kappa shape index (κ2) is 4.37. The quantitative estimate of drug-likeness (QED) is 0.633. The fraction of sp³-hybridized carbons (Fsp3) is 0.600. The van der Waals surface area contributed by atoms with Gasteiger partial charge < -0.3 is 15.5 Å². The van der Waals surface area contributed by atoms with Crippen LogP contribution in [0.1, 0.15) is 16.5 Å². The van der Waals surface area contributed by atoms with E-state index in [-0.39, 0.29) is 24.4 Å². The number of carbonyl (C=O) groups is 2. The van der Waals surface area contributed by atoms with Crippen molar-refractivity contribution in [2.75, 3.05) is 32.7 Å². The van der Waals surface area contributed by atoms with Crippen molar-refractivity contribution in [2.45, 2.75) is 6.04 Å². The van der Waals surface area contributed by atoms with E-state index in [0.717, 1.165) is 13.1 Å². The minimum absolute atomic E-state index is 0.0939. The lowest BCUT2D eigenvalue weighted by atomic mass is 10.2. The summed E-state index contributed by atoms with van der Waals surface area (Å²) in [7, 11) is 0. The van der Waals surface area contributed by atoms with Crippen molar-refractivity contribution in [1.82, 2.24) is 30.5 Å². The topological polar surface area (TPSA) is 92.2 Å². The summed E-state index contributed by atoms with van der Waals surface area (Å²) >= 11 is 0. The van der Waals surface area contributed by atoms with Gasteiger partial charge >= 0.3 is 0 Å². The molecule has 0 aliphatic carbocycles. The molecule has 0 spiro atoms. The molecule has 3 rings (SSSR count). The first-order chi connectivity index (χ1) is 8.74. The average Bonchev–Trinajstić information content (AvgIpc) is 2.75. The Balaban J connectivity index is 1.71. The smallest absolute Gasteiger partial charge is 0.276 e. The standard InChI is InChI=1S/C10H14N6O2/c17-9-6-15(2-1-12-9)10(18)8-5-16(14-13-8)7-3-11-4-7/h5,7,11H,1-4,6H2,(H,12,17). The average molecular weight is 250 g/mol.